The van der Waals surface area contributed by atoms with E-state index in [1.165, 1.54) is 0 Å². The number of rotatable bonds is 5. The highest BCUT2D eigenvalue weighted by Gasteiger charge is 2.30. The number of alkyl halides is 3. The van der Waals surface area contributed by atoms with Gasteiger partial charge < -0.3 is 14.4 Å². The molecule has 0 fully saturated rings. The highest BCUT2D eigenvalue weighted by atomic mass is 19.4. The second-order valence-electron chi connectivity index (χ2n) is 6.61. The van der Waals surface area contributed by atoms with Crippen LogP contribution in [0.4, 0.5) is 19.0 Å². The molecule has 0 amide bonds. The number of nitrogens with zero attached hydrogens (tertiary/aromatic N) is 5. The first-order chi connectivity index (χ1) is 13.8. The maximum Gasteiger partial charge on any atom is 0.416 e. The summed E-state index contributed by atoms with van der Waals surface area (Å²) in [5.74, 6) is 1.83. The second-order valence-corrected chi connectivity index (χ2v) is 6.61. The molecule has 0 aliphatic carbocycles. The lowest BCUT2D eigenvalue weighted by atomic mass is 10.2. The maximum atomic E-state index is 13.0. The van der Waals surface area contributed by atoms with Gasteiger partial charge in [0.1, 0.15) is 22.8 Å². The Morgan fingerprint density at radius 2 is 1.93 bits per heavy atom. The number of hydrogen-bond acceptors (Lipinski definition) is 6. The quantitative estimate of drug-likeness (QED) is 0.541. The molecule has 0 aliphatic rings. The first kappa shape index (κ1) is 18.9. The fraction of sp³-hybridized carbons (Fsp3) is 0.263. The molecule has 4 rings (SSSR count). The number of fused-ring (bicyclic) bond motifs is 1. The Balaban J connectivity index is 1.67. The third-order valence-corrected chi connectivity index (χ3v) is 4.31. The third-order valence-electron chi connectivity index (χ3n) is 4.31. The molecular weight excluding hydrogens is 385 g/mol. The Hall–Kier alpha value is -3.43. The van der Waals surface area contributed by atoms with Gasteiger partial charge in [-0.15, -0.1) is 0 Å². The molecule has 10 heteroatoms. The molecule has 0 spiro atoms. The molecule has 7 nitrogen and oxygen atoms in total. The van der Waals surface area contributed by atoms with Crippen LogP contribution in [0.15, 0.2) is 41.2 Å². The zero-order valence-electron chi connectivity index (χ0n) is 15.7. The van der Waals surface area contributed by atoms with Crippen molar-refractivity contribution in [2.24, 2.45) is 0 Å². The molecule has 0 saturated carbocycles. The number of hydrogen-bond donors (Lipinski definition) is 1. The van der Waals surface area contributed by atoms with Crippen LogP contribution < -0.4 is 5.32 Å². The van der Waals surface area contributed by atoms with E-state index in [4.69, 9.17) is 4.52 Å². The van der Waals surface area contributed by atoms with Crippen LogP contribution in [0.5, 0.6) is 0 Å². The molecule has 29 heavy (non-hydrogen) atoms. The second kappa shape index (κ2) is 7.19. The summed E-state index contributed by atoms with van der Waals surface area (Å²) >= 11 is 0. The third kappa shape index (κ3) is 4.05. The van der Waals surface area contributed by atoms with E-state index in [1.54, 1.807) is 30.7 Å². The zero-order chi connectivity index (χ0) is 20.6. The largest absolute Gasteiger partial charge is 0.416 e. The molecule has 0 bridgehead atoms. The van der Waals surface area contributed by atoms with E-state index in [1.807, 2.05) is 6.07 Å². The molecule has 150 valence electrons. The predicted molar refractivity (Wildman–Crippen MR) is 99.2 cm³/mol. The molecule has 0 radical (unpaired) electrons. The number of aromatic nitrogens is 5. The molecule has 0 atom stereocenters. The summed E-state index contributed by atoms with van der Waals surface area (Å²) in [6.45, 7) is 4.11. The molecule has 0 saturated heterocycles. The van der Waals surface area contributed by atoms with E-state index in [0.29, 0.717) is 40.7 Å². The van der Waals surface area contributed by atoms with Gasteiger partial charge in [0.15, 0.2) is 5.82 Å². The SMILES string of the molecule is Cc1nc(NCc2cc(C)on2)c2c(ccn2Cc2cc(C(F)(F)F)ccn2)n1. The van der Waals surface area contributed by atoms with Crippen molar-refractivity contribution in [3.8, 4) is 0 Å². The normalized spacial score (nSPS) is 11.9. The van der Waals surface area contributed by atoms with Crippen LogP contribution in [0, 0.1) is 13.8 Å². The Morgan fingerprint density at radius 3 is 2.66 bits per heavy atom. The van der Waals surface area contributed by atoms with E-state index < -0.39 is 11.7 Å². The van der Waals surface area contributed by atoms with E-state index in [9.17, 15) is 13.2 Å². The molecule has 4 heterocycles. The van der Waals surface area contributed by atoms with Gasteiger partial charge in [0.05, 0.1) is 29.9 Å². The van der Waals surface area contributed by atoms with E-state index in [2.05, 4.69) is 25.4 Å². The number of anilines is 1. The summed E-state index contributed by atoms with van der Waals surface area (Å²) in [5.41, 5.74) is 1.63. The minimum atomic E-state index is -4.42. The van der Waals surface area contributed by atoms with Gasteiger partial charge in [0.25, 0.3) is 0 Å². The zero-order valence-corrected chi connectivity index (χ0v) is 15.7. The summed E-state index contributed by atoms with van der Waals surface area (Å²) < 4.78 is 45.8. The van der Waals surface area contributed by atoms with Gasteiger partial charge in [-0.25, -0.2) is 9.97 Å². The van der Waals surface area contributed by atoms with Crippen LogP contribution in [-0.4, -0.2) is 24.7 Å². The van der Waals surface area contributed by atoms with Crippen molar-refractivity contribution in [3.05, 3.63) is 65.2 Å². The lowest BCUT2D eigenvalue weighted by Gasteiger charge is -2.12. The highest BCUT2D eigenvalue weighted by molar-refractivity contribution is 5.86. The summed E-state index contributed by atoms with van der Waals surface area (Å²) in [6.07, 6.45) is -1.50. The first-order valence-corrected chi connectivity index (χ1v) is 8.81. The van der Waals surface area contributed by atoms with Crippen LogP contribution in [0.3, 0.4) is 0 Å². The monoisotopic (exact) mass is 402 g/mol. The number of nitrogens with one attached hydrogen (secondary N) is 1. The lowest BCUT2D eigenvalue weighted by Crippen LogP contribution is -2.10. The topological polar surface area (TPSA) is 81.7 Å². The van der Waals surface area contributed by atoms with Crippen molar-refractivity contribution in [1.82, 2.24) is 24.7 Å². The van der Waals surface area contributed by atoms with Crippen molar-refractivity contribution in [1.29, 1.82) is 0 Å². The predicted octanol–water partition coefficient (Wildman–Crippen LogP) is 4.11. The Bertz CT molecular complexity index is 1160. The minimum Gasteiger partial charge on any atom is -0.362 e. The molecule has 0 aliphatic heterocycles. The van der Waals surface area contributed by atoms with Crippen LogP contribution in [0.1, 0.15) is 28.5 Å². The molecule has 0 unspecified atom stereocenters. The van der Waals surface area contributed by atoms with Gasteiger partial charge in [-0.05, 0) is 32.0 Å². The van der Waals surface area contributed by atoms with Crippen LogP contribution in [0.25, 0.3) is 11.0 Å². The molecule has 4 aromatic heterocycles. The van der Waals surface area contributed by atoms with Crippen LogP contribution >= 0.6 is 0 Å². The molecule has 1 N–H and O–H groups in total. The number of aryl methyl sites for hydroxylation is 2. The summed E-state index contributed by atoms with van der Waals surface area (Å²) in [7, 11) is 0. The van der Waals surface area contributed by atoms with Crippen molar-refractivity contribution in [2.75, 3.05) is 5.32 Å². The van der Waals surface area contributed by atoms with Gasteiger partial charge in [-0.3, -0.25) is 4.98 Å². The summed E-state index contributed by atoms with van der Waals surface area (Å²) in [5, 5.41) is 7.15. The molecule has 0 aromatic carbocycles. The van der Waals surface area contributed by atoms with Crippen molar-refractivity contribution in [2.45, 2.75) is 33.1 Å². The van der Waals surface area contributed by atoms with E-state index >= 15 is 0 Å². The summed E-state index contributed by atoms with van der Waals surface area (Å²) in [4.78, 5) is 12.9. The smallest absolute Gasteiger partial charge is 0.362 e. The Labute approximate surface area is 163 Å². The maximum absolute atomic E-state index is 13.0. The molecule has 4 aromatic rings. The lowest BCUT2D eigenvalue weighted by molar-refractivity contribution is -0.137. The van der Waals surface area contributed by atoms with Gasteiger partial charge in [0.2, 0.25) is 0 Å². The average Bonchev–Trinajstić information content (AvgIpc) is 3.25. The van der Waals surface area contributed by atoms with Crippen molar-refractivity contribution >= 4 is 16.9 Å². The first-order valence-electron chi connectivity index (χ1n) is 8.81. The standard InChI is InChI=1S/C19H17F3N6O/c1-11-7-14(27-29-11)9-24-18-17-16(25-12(2)26-18)4-6-28(17)10-15-8-13(3-5-23-15)19(20,21)22/h3-8H,9-10H2,1-2H3,(H,24,25,26). The number of pyridine rings is 1. The summed E-state index contributed by atoms with van der Waals surface area (Å²) in [6, 6.07) is 5.61. The fourth-order valence-electron chi connectivity index (χ4n) is 3.07. The van der Waals surface area contributed by atoms with Gasteiger partial charge in [-0.2, -0.15) is 13.2 Å². The van der Waals surface area contributed by atoms with E-state index in [0.717, 1.165) is 18.3 Å². The van der Waals surface area contributed by atoms with Crippen molar-refractivity contribution < 1.29 is 17.7 Å². The van der Waals surface area contributed by atoms with Gasteiger partial charge >= 0.3 is 6.18 Å². The number of halogens is 3. The minimum absolute atomic E-state index is 0.150. The Kier molecular flexibility index (Phi) is 4.69. The van der Waals surface area contributed by atoms with Gasteiger partial charge in [-0.1, -0.05) is 5.16 Å². The molecular formula is C19H17F3N6O. The highest BCUT2D eigenvalue weighted by Crippen LogP contribution is 2.29. The van der Waals surface area contributed by atoms with Crippen LogP contribution in [-0.2, 0) is 19.3 Å². The van der Waals surface area contributed by atoms with Crippen molar-refractivity contribution in [3.63, 3.8) is 0 Å². The average molecular weight is 402 g/mol. The fourth-order valence-corrected chi connectivity index (χ4v) is 3.07. The van der Waals surface area contributed by atoms with Gasteiger partial charge in [0, 0.05) is 18.5 Å². The Morgan fingerprint density at radius 1 is 1.10 bits per heavy atom. The van der Waals surface area contributed by atoms with Crippen LogP contribution in [0.2, 0.25) is 0 Å². The van der Waals surface area contributed by atoms with E-state index in [-0.39, 0.29) is 12.2 Å².